The topological polar surface area (TPSA) is 32.8 Å². The maximum absolute atomic E-state index is 12.7. The van der Waals surface area contributed by atoms with Gasteiger partial charge in [-0.25, -0.2) is 0 Å². The van der Waals surface area contributed by atoms with Gasteiger partial charge >= 0.3 is 0 Å². The lowest BCUT2D eigenvalue weighted by molar-refractivity contribution is -0.138. The summed E-state index contributed by atoms with van der Waals surface area (Å²) in [5, 5.41) is 1.00. The zero-order valence-electron chi connectivity index (χ0n) is 13.0. The van der Waals surface area contributed by atoms with Crippen LogP contribution in [0.2, 0.25) is 10.0 Å². The van der Waals surface area contributed by atoms with Crippen molar-refractivity contribution in [3.05, 3.63) is 28.2 Å². The quantitative estimate of drug-likeness (QED) is 0.839. The Bertz CT molecular complexity index is 525. The zero-order chi connectivity index (χ0) is 16.1. The van der Waals surface area contributed by atoms with Gasteiger partial charge in [0.15, 0.2) is 6.10 Å². The van der Waals surface area contributed by atoms with E-state index in [1.54, 1.807) is 18.2 Å². The Labute approximate surface area is 141 Å². The van der Waals surface area contributed by atoms with E-state index in [1.165, 1.54) is 0 Å². The Morgan fingerprint density at radius 1 is 1.27 bits per heavy atom. The Balaban J connectivity index is 2.07. The van der Waals surface area contributed by atoms with E-state index in [4.69, 9.17) is 27.9 Å². The second kappa shape index (κ2) is 8.04. The Hall–Kier alpha value is -0.970. The summed E-state index contributed by atoms with van der Waals surface area (Å²) >= 11 is 12.1. The highest BCUT2D eigenvalue weighted by atomic mass is 35.5. The van der Waals surface area contributed by atoms with Crippen molar-refractivity contribution in [3.63, 3.8) is 0 Å². The minimum atomic E-state index is -0.528. The first kappa shape index (κ1) is 17.4. The molecule has 0 radical (unpaired) electrons. The number of carbonyl (C=O) groups is 1. The molecule has 6 heteroatoms. The number of hydrogen-bond donors (Lipinski definition) is 0. The van der Waals surface area contributed by atoms with Crippen LogP contribution in [-0.2, 0) is 4.79 Å². The summed E-state index contributed by atoms with van der Waals surface area (Å²) in [7, 11) is 2.08. The van der Waals surface area contributed by atoms with Crippen molar-refractivity contribution in [2.45, 2.75) is 25.9 Å². The number of nitrogens with zero attached hydrogens (tertiary/aromatic N) is 2. The Morgan fingerprint density at radius 2 is 2.05 bits per heavy atom. The highest BCUT2D eigenvalue weighted by molar-refractivity contribution is 6.34. The Kier molecular flexibility index (Phi) is 6.36. The lowest BCUT2D eigenvalue weighted by Gasteiger charge is -2.26. The third kappa shape index (κ3) is 4.51. The van der Waals surface area contributed by atoms with Crippen molar-refractivity contribution < 1.29 is 9.53 Å². The molecule has 1 fully saturated rings. The fraction of sp³-hybridized carbons (Fsp3) is 0.562. The number of carbonyl (C=O) groups excluding carboxylic acids is 1. The molecule has 1 saturated heterocycles. The molecular weight excluding hydrogens is 323 g/mol. The molecule has 0 aromatic heterocycles. The van der Waals surface area contributed by atoms with Gasteiger partial charge in [0.25, 0.3) is 5.91 Å². The first-order valence-corrected chi connectivity index (χ1v) is 8.36. The second-order valence-corrected chi connectivity index (χ2v) is 6.42. The normalized spacial score (nSPS) is 17.9. The van der Waals surface area contributed by atoms with E-state index in [1.807, 2.05) is 11.8 Å². The first-order valence-electron chi connectivity index (χ1n) is 7.60. The van der Waals surface area contributed by atoms with Crippen molar-refractivity contribution in [2.24, 2.45) is 0 Å². The van der Waals surface area contributed by atoms with Crippen LogP contribution in [0.3, 0.4) is 0 Å². The molecule has 122 valence electrons. The van der Waals surface area contributed by atoms with Crippen molar-refractivity contribution in [3.8, 4) is 5.75 Å². The van der Waals surface area contributed by atoms with Gasteiger partial charge in [0, 0.05) is 30.7 Å². The van der Waals surface area contributed by atoms with Crippen LogP contribution in [0.25, 0.3) is 0 Å². The van der Waals surface area contributed by atoms with Gasteiger partial charge in [-0.3, -0.25) is 4.79 Å². The highest BCUT2D eigenvalue weighted by Crippen LogP contribution is 2.29. The van der Waals surface area contributed by atoms with Gasteiger partial charge in [0.2, 0.25) is 0 Å². The summed E-state index contributed by atoms with van der Waals surface area (Å²) in [4.78, 5) is 16.8. The third-order valence-electron chi connectivity index (χ3n) is 3.84. The number of ether oxygens (including phenoxy) is 1. The summed E-state index contributed by atoms with van der Waals surface area (Å²) < 4.78 is 5.84. The fourth-order valence-corrected chi connectivity index (χ4v) is 2.82. The van der Waals surface area contributed by atoms with Gasteiger partial charge < -0.3 is 14.5 Å². The summed E-state index contributed by atoms with van der Waals surface area (Å²) in [6.07, 6.45) is 1.05. The monoisotopic (exact) mass is 344 g/mol. The van der Waals surface area contributed by atoms with E-state index in [0.29, 0.717) is 22.2 Å². The molecule has 1 amide bonds. The summed E-state index contributed by atoms with van der Waals surface area (Å²) in [6, 6.07) is 5.03. The standard InChI is InChI=1S/C16H22Cl2N2O2/c1-3-14(22-15-11-12(17)5-6-13(15)18)16(21)20-8-4-7-19(2)9-10-20/h5-6,11,14H,3-4,7-10H2,1-2H3/t14-/m1/s1. The van der Waals surface area contributed by atoms with Crippen LogP contribution in [0.15, 0.2) is 18.2 Å². The van der Waals surface area contributed by atoms with Gasteiger partial charge in [-0.2, -0.15) is 0 Å². The molecule has 0 saturated carbocycles. The molecule has 0 spiro atoms. The van der Waals surface area contributed by atoms with Gasteiger partial charge in [-0.05, 0) is 38.6 Å². The molecule has 0 N–H and O–H groups in total. The van der Waals surface area contributed by atoms with E-state index < -0.39 is 6.10 Å². The lowest BCUT2D eigenvalue weighted by Crippen LogP contribution is -2.43. The predicted octanol–water partition coefficient (Wildman–Crippen LogP) is 3.31. The molecule has 1 aromatic rings. The van der Waals surface area contributed by atoms with Gasteiger partial charge in [-0.1, -0.05) is 30.1 Å². The van der Waals surface area contributed by atoms with Crippen LogP contribution >= 0.6 is 23.2 Å². The number of rotatable bonds is 4. The van der Waals surface area contributed by atoms with Crippen LogP contribution in [0.5, 0.6) is 5.75 Å². The summed E-state index contributed by atoms with van der Waals surface area (Å²) in [5.74, 6) is 0.482. The Morgan fingerprint density at radius 3 is 2.77 bits per heavy atom. The van der Waals surface area contributed by atoms with Crippen molar-refractivity contribution >= 4 is 29.1 Å². The van der Waals surface area contributed by atoms with Crippen molar-refractivity contribution in [1.82, 2.24) is 9.80 Å². The van der Waals surface area contributed by atoms with Crippen LogP contribution < -0.4 is 4.74 Å². The molecule has 1 heterocycles. The molecule has 1 atom stereocenters. The first-order chi connectivity index (χ1) is 10.5. The second-order valence-electron chi connectivity index (χ2n) is 5.57. The molecule has 0 unspecified atom stereocenters. The van der Waals surface area contributed by atoms with Crippen LogP contribution in [0.4, 0.5) is 0 Å². The minimum absolute atomic E-state index is 0.0221. The van der Waals surface area contributed by atoms with E-state index in [2.05, 4.69) is 11.9 Å². The molecule has 2 rings (SSSR count). The minimum Gasteiger partial charge on any atom is -0.479 e. The van der Waals surface area contributed by atoms with Crippen molar-refractivity contribution in [2.75, 3.05) is 33.2 Å². The van der Waals surface area contributed by atoms with E-state index >= 15 is 0 Å². The number of hydrogen-bond acceptors (Lipinski definition) is 3. The maximum Gasteiger partial charge on any atom is 0.263 e. The average molecular weight is 345 g/mol. The summed E-state index contributed by atoms with van der Waals surface area (Å²) in [5.41, 5.74) is 0. The molecule has 1 aliphatic rings. The maximum atomic E-state index is 12.7. The predicted molar refractivity (Wildman–Crippen MR) is 89.9 cm³/mol. The summed E-state index contributed by atoms with van der Waals surface area (Å²) in [6.45, 7) is 5.34. The largest absolute Gasteiger partial charge is 0.479 e. The molecule has 4 nitrogen and oxygen atoms in total. The smallest absolute Gasteiger partial charge is 0.263 e. The molecule has 22 heavy (non-hydrogen) atoms. The van der Waals surface area contributed by atoms with E-state index in [-0.39, 0.29) is 5.91 Å². The molecule has 0 aliphatic carbocycles. The number of amides is 1. The number of benzene rings is 1. The fourth-order valence-electron chi connectivity index (χ4n) is 2.50. The molecule has 1 aliphatic heterocycles. The van der Waals surface area contributed by atoms with Crippen LogP contribution in [0.1, 0.15) is 19.8 Å². The van der Waals surface area contributed by atoms with Crippen LogP contribution in [0, 0.1) is 0 Å². The molecule has 0 bridgehead atoms. The van der Waals surface area contributed by atoms with E-state index in [9.17, 15) is 4.79 Å². The highest BCUT2D eigenvalue weighted by Gasteiger charge is 2.26. The SMILES string of the molecule is CC[C@@H](Oc1cc(Cl)ccc1Cl)C(=O)N1CCCN(C)CC1. The third-order valence-corrected chi connectivity index (χ3v) is 4.39. The molecular formula is C16H22Cl2N2O2. The van der Waals surface area contributed by atoms with Gasteiger partial charge in [-0.15, -0.1) is 0 Å². The van der Waals surface area contributed by atoms with E-state index in [0.717, 1.165) is 32.6 Å². The zero-order valence-corrected chi connectivity index (χ0v) is 14.5. The molecule has 1 aromatic carbocycles. The van der Waals surface area contributed by atoms with Crippen molar-refractivity contribution in [1.29, 1.82) is 0 Å². The number of halogens is 2. The number of likely N-dealkylation sites (N-methyl/N-ethyl adjacent to an activating group) is 1. The lowest BCUT2D eigenvalue weighted by atomic mass is 10.2. The van der Waals surface area contributed by atoms with Gasteiger partial charge in [0.1, 0.15) is 5.75 Å². The van der Waals surface area contributed by atoms with Crippen LogP contribution in [-0.4, -0.2) is 55.0 Å². The average Bonchev–Trinajstić information content (AvgIpc) is 2.72. The van der Waals surface area contributed by atoms with Gasteiger partial charge in [0.05, 0.1) is 5.02 Å².